The minimum absolute atomic E-state index is 0.104. The number of aliphatic hydroxyl groups excluding tert-OH is 2. The van der Waals surface area contributed by atoms with Crippen LogP contribution < -0.4 is 0 Å². The first-order valence-corrected chi connectivity index (χ1v) is 16.5. The van der Waals surface area contributed by atoms with E-state index in [0.29, 0.717) is 11.1 Å². The first kappa shape index (κ1) is 36.7. The normalized spacial score (nSPS) is 13.2. The van der Waals surface area contributed by atoms with Crippen LogP contribution in [-0.2, 0) is 0 Å². The van der Waals surface area contributed by atoms with Crippen LogP contribution in [0.5, 0.6) is 0 Å². The molecule has 0 aromatic heterocycles. The van der Waals surface area contributed by atoms with E-state index in [2.05, 4.69) is 27.7 Å². The summed E-state index contributed by atoms with van der Waals surface area (Å²) >= 11 is 0. The number of unbranched alkanes of at least 4 members (excludes halogenated alkanes) is 7. The van der Waals surface area contributed by atoms with E-state index < -0.39 is 12.2 Å². The van der Waals surface area contributed by atoms with Crippen molar-refractivity contribution >= 4 is 11.6 Å². The van der Waals surface area contributed by atoms with Crippen LogP contribution in [0.25, 0.3) is 0 Å². The number of rotatable bonds is 21. The van der Waals surface area contributed by atoms with Crippen LogP contribution in [0.4, 0.5) is 0 Å². The summed E-state index contributed by atoms with van der Waals surface area (Å²) in [7, 11) is 0. The topological polar surface area (TPSA) is 74.6 Å². The number of ketones is 2. The maximum absolute atomic E-state index is 12.4. The van der Waals surface area contributed by atoms with E-state index in [1.54, 1.807) is 24.3 Å². The predicted octanol–water partition coefficient (Wildman–Crippen LogP) is 9.62. The number of carbonyl (C=O) groups excluding carboxylic acids is 2. The fourth-order valence-electron chi connectivity index (χ4n) is 5.30. The third-order valence-corrected chi connectivity index (χ3v) is 8.01. The standard InChI is InChI=1S/C20H32O2.C17H26O2/c1-3-5-7-8-10-14-17(13-6-4-2)19(21)20(22)18-15-11-9-12-16-18;1-3-5-10-14(11-6-4-2)16(18)17(19)15-12-8-7-9-13-15/h9,11-12,15-17,19,21H,3-8,10,13-14H2,1-2H3;7-9,12-14,16,18H,3-6,10-11H2,1-2H3. The zero-order valence-corrected chi connectivity index (χ0v) is 26.4. The summed E-state index contributed by atoms with van der Waals surface area (Å²) < 4.78 is 0. The highest BCUT2D eigenvalue weighted by atomic mass is 16.3. The molecule has 230 valence electrons. The lowest BCUT2D eigenvalue weighted by molar-refractivity contribution is 0.0561. The highest BCUT2D eigenvalue weighted by Gasteiger charge is 2.27. The summed E-state index contributed by atoms with van der Waals surface area (Å²) in [5.74, 6) is -0.0324. The van der Waals surface area contributed by atoms with Gasteiger partial charge in [-0.25, -0.2) is 0 Å². The van der Waals surface area contributed by atoms with Crippen molar-refractivity contribution in [1.29, 1.82) is 0 Å². The monoisotopic (exact) mass is 566 g/mol. The first-order chi connectivity index (χ1) is 19.9. The lowest BCUT2D eigenvalue weighted by Gasteiger charge is -2.22. The molecule has 0 bridgehead atoms. The van der Waals surface area contributed by atoms with E-state index >= 15 is 0 Å². The first-order valence-electron chi connectivity index (χ1n) is 16.5. The Hall–Kier alpha value is -2.30. The molecule has 0 fully saturated rings. The molecule has 2 N–H and O–H groups in total. The van der Waals surface area contributed by atoms with Crippen LogP contribution in [0, 0.1) is 11.8 Å². The minimum Gasteiger partial charge on any atom is -0.385 e. The quantitative estimate of drug-likeness (QED) is 0.116. The van der Waals surface area contributed by atoms with Crippen molar-refractivity contribution in [3.63, 3.8) is 0 Å². The number of aliphatic hydroxyl groups is 2. The zero-order valence-electron chi connectivity index (χ0n) is 26.4. The second-order valence-electron chi connectivity index (χ2n) is 11.5. The highest BCUT2D eigenvalue weighted by Crippen LogP contribution is 2.24. The van der Waals surface area contributed by atoms with Crippen molar-refractivity contribution < 1.29 is 19.8 Å². The van der Waals surface area contributed by atoms with Gasteiger partial charge in [0, 0.05) is 11.1 Å². The largest absolute Gasteiger partial charge is 0.385 e. The Morgan fingerprint density at radius 2 is 0.805 bits per heavy atom. The molecule has 4 heteroatoms. The molecule has 0 aliphatic carbocycles. The Morgan fingerprint density at radius 3 is 1.15 bits per heavy atom. The average molecular weight is 567 g/mol. The Balaban J connectivity index is 0.000000414. The summed E-state index contributed by atoms with van der Waals surface area (Å²) in [6.07, 6.45) is 14.8. The van der Waals surface area contributed by atoms with Crippen molar-refractivity contribution in [3.05, 3.63) is 71.8 Å². The van der Waals surface area contributed by atoms with Crippen molar-refractivity contribution in [2.24, 2.45) is 11.8 Å². The summed E-state index contributed by atoms with van der Waals surface area (Å²) in [6, 6.07) is 18.3. The van der Waals surface area contributed by atoms with Gasteiger partial charge >= 0.3 is 0 Å². The number of Topliss-reactive ketones (excluding diaryl/α,β-unsaturated/α-hetero) is 2. The van der Waals surface area contributed by atoms with E-state index in [9.17, 15) is 19.8 Å². The van der Waals surface area contributed by atoms with Gasteiger partial charge in [-0.3, -0.25) is 9.59 Å². The Labute approximate surface area is 251 Å². The highest BCUT2D eigenvalue weighted by molar-refractivity contribution is 5.99. The number of carbonyl (C=O) groups is 2. The molecular weight excluding hydrogens is 508 g/mol. The molecule has 3 unspecified atom stereocenters. The van der Waals surface area contributed by atoms with E-state index in [-0.39, 0.29) is 23.4 Å². The van der Waals surface area contributed by atoms with Crippen molar-refractivity contribution in [3.8, 4) is 0 Å². The van der Waals surface area contributed by atoms with Gasteiger partial charge in [-0.15, -0.1) is 0 Å². The van der Waals surface area contributed by atoms with Gasteiger partial charge in [0.05, 0.1) is 0 Å². The molecular formula is C37H58O4. The Bertz CT molecular complexity index is 903. The van der Waals surface area contributed by atoms with Crippen LogP contribution in [0.15, 0.2) is 60.7 Å². The molecule has 41 heavy (non-hydrogen) atoms. The molecule has 4 nitrogen and oxygen atoms in total. The molecule has 2 rings (SSSR count). The maximum Gasteiger partial charge on any atom is 0.191 e. The number of hydrogen-bond acceptors (Lipinski definition) is 4. The molecule has 0 spiro atoms. The summed E-state index contributed by atoms with van der Waals surface area (Å²) in [5, 5.41) is 20.8. The number of benzene rings is 2. The van der Waals surface area contributed by atoms with Crippen molar-refractivity contribution in [2.45, 2.75) is 136 Å². The van der Waals surface area contributed by atoms with Crippen molar-refractivity contribution in [2.75, 3.05) is 0 Å². The third kappa shape index (κ3) is 14.9. The van der Waals surface area contributed by atoms with Gasteiger partial charge in [-0.2, -0.15) is 0 Å². The summed E-state index contributed by atoms with van der Waals surface area (Å²) in [6.45, 7) is 8.65. The van der Waals surface area contributed by atoms with Gasteiger partial charge < -0.3 is 10.2 Å². The smallest absolute Gasteiger partial charge is 0.191 e. The predicted molar refractivity (Wildman–Crippen MR) is 172 cm³/mol. The number of hydrogen-bond donors (Lipinski definition) is 2. The van der Waals surface area contributed by atoms with Gasteiger partial charge in [-0.05, 0) is 37.5 Å². The molecule has 0 aliphatic rings. The minimum atomic E-state index is -0.847. The fraction of sp³-hybridized carbons (Fsp3) is 0.622. The van der Waals surface area contributed by atoms with Crippen molar-refractivity contribution in [1.82, 2.24) is 0 Å². The molecule has 0 saturated carbocycles. The van der Waals surface area contributed by atoms with E-state index in [4.69, 9.17) is 0 Å². The second-order valence-corrected chi connectivity index (χ2v) is 11.5. The molecule has 0 aliphatic heterocycles. The fourth-order valence-corrected chi connectivity index (χ4v) is 5.30. The van der Waals surface area contributed by atoms with Crippen LogP contribution in [0.3, 0.4) is 0 Å². The van der Waals surface area contributed by atoms with Crippen LogP contribution >= 0.6 is 0 Å². The van der Waals surface area contributed by atoms with Crippen LogP contribution in [-0.4, -0.2) is 34.0 Å². The molecule has 0 saturated heterocycles. The summed E-state index contributed by atoms with van der Waals surface area (Å²) in [4.78, 5) is 24.7. The molecule has 3 atom stereocenters. The van der Waals surface area contributed by atoms with Gasteiger partial charge in [0.15, 0.2) is 11.6 Å². The van der Waals surface area contributed by atoms with Gasteiger partial charge in [-0.1, -0.05) is 159 Å². The SMILES string of the molecule is CCCCC(CCCC)C(O)C(=O)c1ccccc1.CCCCCCCC(CCCC)C(O)C(=O)c1ccccc1. The van der Waals surface area contributed by atoms with E-state index in [1.165, 1.54) is 25.7 Å². The lowest BCUT2D eigenvalue weighted by Crippen LogP contribution is -2.30. The Kier molecular flexibility index (Phi) is 20.9. The Morgan fingerprint density at radius 1 is 0.488 bits per heavy atom. The van der Waals surface area contributed by atoms with Gasteiger partial charge in [0.25, 0.3) is 0 Å². The molecule has 2 aromatic rings. The average Bonchev–Trinajstić information content (AvgIpc) is 3.02. The van der Waals surface area contributed by atoms with Gasteiger partial charge in [0.1, 0.15) is 12.2 Å². The zero-order chi connectivity index (χ0) is 30.3. The lowest BCUT2D eigenvalue weighted by atomic mass is 9.86. The van der Waals surface area contributed by atoms with Crippen LogP contribution in [0.1, 0.15) is 145 Å². The van der Waals surface area contributed by atoms with Gasteiger partial charge in [0.2, 0.25) is 0 Å². The molecule has 0 radical (unpaired) electrons. The maximum atomic E-state index is 12.4. The van der Waals surface area contributed by atoms with E-state index in [1.807, 2.05) is 36.4 Å². The molecule has 2 aromatic carbocycles. The van der Waals surface area contributed by atoms with E-state index in [0.717, 1.165) is 70.6 Å². The second kappa shape index (κ2) is 23.3. The molecule has 0 heterocycles. The molecule has 0 amide bonds. The van der Waals surface area contributed by atoms with Crippen LogP contribution in [0.2, 0.25) is 0 Å². The summed E-state index contributed by atoms with van der Waals surface area (Å²) in [5.41, 5.74) is 1.25. The third-order valence-electron chi connectivity index (χ3n) is 8.01.